The van der Waals surface area contributed by atoms with Crippen molar-refractivity contribution in [2.45, 2.75) is 51.5 Å². The topological polar surface area (TPSA) is 73.1 Å². The highest BCUT2D eigenvalue weighted by atomic mass is 16.3. The number of nitriles is 1. The van der Waals surface area contributed by atoms with Crippen molar-refractivity contribution in [2.24, 2.45) is 5.41 Å². The van der Waals surface area contributed by atoms with Crippen LogP contribution in [0.15, 0.2) is 0 Å². The van der Waals surface area contributed by atoms with E-state index in [-0.39, 0.29) is 18.6 Å². The molecule has 90 valence electrons. The maximum Gasteiger partial charge on any atom is 0.240 e. The lowest BCUT2D eigenvalue weighted by atomic mass is 9.74. The quantitative estimate of drug-likeness (QED) is 0.757. The standard InChI is InChI=1S/C12H20N2O2/c1-2-10(8-15)14-11(16)12(9-13)6-4-3-5-7-12/h10,15H,2-8H2,1H3,(H,14,16)/t10-/m1/s1. The molecule has 1 fully saturated rings. The molecule has 0 spiro atoms. The molecular formula is C12H20N2O2. The molecule has 2 N–H and O–H groups in total. The van der Waals surface area contributed by atoms with Crippen molar-refractivity contribution >= 4 is 5.91 Å². The third-order valence-electron chi connectivity index (χ3n) is 3.40. The first-order chi connectivity index (χ1) is 7.68. The molecule has 16 heavy (non-hydrogen) atoms. The average Bonchev–Trinajstić information content (AvgIpc) is 2.36. The first-order valence-corrected chi connectivity index (χ1v) is 6.01. The molecule has 0 bridgehead atoms. The number of aliphatic hydroxyl groups excluding tert-OH is 1. The van der Waals surface area contributed by atoms with Gasteiger partial charge in [0.05, 0.1) is 18.7 Å². The zero-order valence-corrected chi connectivity index (χ0v) is 9.83. The first kappa shape index (κ1) is 13.0. The van der Waals surface area contributed by atoms with Gasteiger partial charge in [-0.1, -0.05) is 26.2 Å². The Labute approximate surface area is 96.6 Å². The Hall–Kier alpha value is -1.08. The summed E-state index contributed by atoms with van der Waals surface area (Å²) in [6, 6.07) is 1.95. The second-order valence-corrected chi connectivity index (χ2v) is 4.52. The zero-order chi connectivity index (χ0) is 12.0. The predicted molar refractivity (Wildman–Crippen MR) is 60.4 cm³/mol. The van der Waals surface area contributed by atoms with Crippen LogP contribution in [0.5, 0.6) is 0 Å². The summed E-state index contributed by atoms with van der Waals surface area (Å²) in [6.07, 6.45) is 4.97. The number of carbonyl (C=O) groups excluding carboxylic acids is 1. The highest BCUT2D eigenvalue weighted by Gasteiger charge is 2.40. The number of carbonyl (C=O) groups is 1. The van der Waals surface area contributed by atoms with Crippen molar-refractivity contribution in [2.75, 3.05) is 6.61 Å². The van der Waals surface area contributed by atoms with E-state index in [1.807, 2.05) is 6.92 Å². The molecule has 0 radical (unpaired) electrons. The van der Waals surface area contributed by atoms with Gasteiger partial charge in [0.25, 0.3) is 0 Å². The number of hydrogen-bond acceptors (Lipinski definition) is 3. The van der Waals surface area contributed by atoms with E-state index in [1.54, 1.807) is 0 Å². The van der Waals surface area contributed by atoms with Gasteiger partial charge in [-0.3, -0.25) is 4.79 Å². The molecule has 1 saturated carbocycles. The Bertz CT molecular complexity index is 273. The van der Waals surface area contributed by atoms with E-state index in [0.29, 0.717) is 19.3 Å². The molecule has 0 aromatic rings. The van der Waals surface area contributed by atoms with Gasteiger partial charge in [-0.15, -0.1) is 0 Å². The number of rotatable bonds is 4. The molecule has 1 rings (SSSR count). The van der Waals surface area contributed by atoms with Crippen molar-refractivity contribution in [1.82, 2.24) is 5.32 Å². The number of amides is 1. The van der Waals surface area contributed by atoms with Crippen molar-refractivity contribution in [1.29, 1.82) is 5.26 Å². The monoisotopic (exact) mass is 224 g/mol. The van der Waals surface area contributed by atoms with Crippen LogP contribution in [0.25, 0.3) is 0 Å². The molecule has 1 amide bonds. The van der Waals surface area contributed by atoms with Crippen LogP contribution in [0.2, 0.25) is 0 Å². The van der Waals surface area contributed by atoms with E-state index in [0.717, 1.165) is 19.3 Å². The van der Waals surface area contributed by atoms with Gasteiger partial charge in [-0.25, -0.2) is 0 Å². The number of nitrogens with zero attached hydrogens (tertiary/aromatic N) is 1. The highest BCUT2D eigenvalue weighted by Crippen LogP contribution is 2.35. The van der Waals surface area contributed by atoms with Gasteiger partial charge in [0, 0.05) is 0 Å². The van der Waals surface area contributed by atoms with Gasteiger partial charge in [0.1, 0.15) is 5.41 Å². The molecule has 0 aliphatic heterocycles. The van der Waals surface area contributed by atoms with E-state index < -0.39 is 5.41 Å². The SMILES string of the molecule is CC[C@H](CO)NC(=O)C1(C#N)CCCCC1. The Morgan fingerprint density at radius 2 is 2.12 bits per heavy atom. The molecule has 0 aromatic heterocycles. The minimum atomic E-state index is -0.846. The van der Waals surface area contributed by atoms with Crippen molar-refractivity contribution in [3.05, 3.63) is 0 Å². The smallest absolute Gasteiger partial charge is 0.240 e. The van der Waals surface area contributed by atoms with Crippen LogP contribution in [-0.2, 0) is 4.79 Å². The summed E-state index contributed by atoms with van der Waals surface area (Å²) in [4.78, 5) is 12.0. The van der Waals surface area contributed by atoms with E-state index in [9.17, 15) is 10.1 Å². The molecule has 4 heteroatoms. The van der Waals surface area contributed by atoms with Gasteiger partial charge < -0.3 is 10.4 Å². The average molecular weight is 224 g/mol. The van der Waals surface area contributed by atoms with Crippen LogP contribution < -0.4 is 5.32 Å². The van der Waals surface area contributed by atoms with E-state index in [2.05, 4.69) is 11.4 Å². The Balaban J connectivity index is 2.65. The predicted octanol–water partition coefficient (Wildman–Crippen LogP) is 1.35. The van der Waals surface area contributed by atoms with Crippen molar-refractivity contribution in [3.8, 4) is 6.07 Å². The van der Waals surface area contributed by atoms with Crippen LogP contribution in [0.3, 0.4) is 0 Å². The fourth-order valence-electron chi connectivity index (χ4n) is 2.15. The normalized spacial score (nSPS) is 20.8. The Morgan fingerprint density at radius 3 is 2.56 bits per heavy atom. The van der Waals surface area contributed by atoms with E-state index >= 15 is 0 Å². The number of aliphatic hydroxyl groups is 1. The van der Waals surface area contributed by atoms with E-state index in [4.69, 9.17) is 5.11 Å². The summed E-state index contributed by atoms with van der Waals surface area (Å²) in [5.41, 5.74) is -0.846. The molecule has 0 heterocycles. The molecular weight excluding hydrogens is 204 g/mol. The van der Waals surface area contributed by atoms with Crippen LogP contribution in [-0.4, -0.2) is 23.7 Å². The van der Waals surface area contributed by atoms with Crippen molar-refractivity contribution < 1.29 is 9.90 Å². The summed E-state index contributed by atoms with van der Waals surface area (Å²) in [6.45, 7) is 1.84. The van der Waals surface area contributed by atoms with Gasteiger partial charge in [0.2, 0.25) is 5.91 Å². The second kappa shape index (κ2) is 5.86. The van der Waals surface area contributed by atoms with Gasteiger partial charge >= 0.3 is 0 Å². The van der Waals surface area contributed by atoms with Gasteiger partial charge in [0.15, 0.2) is 0 Å². The summed E-state index contributed by atoms with van der Waals surface area (Å²) in [5.74, 6) is -0.199. The fraction of sp³-hybridized carbons (Fsp3) is 0.833. The van der Waals surface area contributed by atoms with Crippen LogP contribution in [0, 0.1) is 16.7 Å². The molecule has 0 unspecified atom stereocenters. The summed E-state index contributed by atoms with van der Waals surface area (Å²) >= 11 is 0. The zero-order valence-electron chi connectivity index (χ0n) is 9.83. The number of nitrogens with one attached hydrogen (secondary N) is 1. The highest BCUT2D eigenvalue weighted by molar-refractivity contribution is 5.85. The van der Waals surface area contributed by atoms with Crippen LogP contribution >= 0.6 is 0 Å². The lowest BCUT2D eigenvalue weighted by molar-refractivity contribution is -0.130. The molecule has 4 nitrogen and oxygen atoms in total. The lowest BCUT2D eigenvalue weighted by Crippen LogP contribution is -2.47. The fourth-order valence-corrected chi connectivity index (χ4v) is 2.15. The maximum absolute atomic E-state index is 12.0. The molecule has 1 atom stereocenters. The minimum Gasteiger partial charge on any atom is -0.394 e. The molecule has 1 aliphatic carbocycles. The van der Waals surface area contributed by atoms with Crippen LogP contribution in [0.4, 0.5) is 0 Å². The number of hydrogen-bond donors (Lipinski definition) is 2. The molecule has 1 aliphatic rings. The van der Waals surface area contributed by atoms with Gasteiger partial charge in [-0.2, -0.15) is 5.26 Å². The minimum absolute atomic E-state index is 0.0657. The van der Waals surface area contributed by atoms with Crippen LogP contribution in [0.1, 0.15) is 45.4 Å². The molecule has 0 saturated heterocycles. The summed E-state index contributed by atoms with van der Waals surface area (Å²) in [7, 11) is 0. The van der Waals surface area contributed by atoms with Gasteiger partial charge in [-0.05, 0) is 19.3 Å². The second-order valence-electron chi connectivity index (χ2n) is 4.52. The first-order valence-electron chi connectivity index (χ1n) is 6.01. The maximum atomic E-state index is 12.0. The summed E-state index contributed by atoms with van der Waals surface area (Å²) < 4.78 is 0. The van der Waals surface area contributed by atoms with E-state index in [1.165, 1.54) is 0 Å². The lowest BCUT2D eigenvalue weighted by Gasteiger charge is -2.30. The Kier molecular flexibility index (Phi) is 4.75. The third kappa shape index (κ3) is 2.73. The Morgan fingerprint density at radius 1 is 1.50 bits per heavy atom. The van der Waals surface area contributed by atoms with Crippen molar-refractivity contribution in [3.63, 3.8) is 0 Å². The largest absolute Gasteiger partial charge is 0.394 e. The molecule has 0 aromatic carbocycles. The third-order valence-corrected chi connectivity index (χ3v) is 3.40. The summed E-state index contributed by atoms with van der Waals surface area (Å²) in [5, 5.41) is 21.0.